The second-order valence-corrected chi connectivity index (χ2v) is 8.66. The minimum Gasteiger partial charge on any atom is -0.493 e. The molecule has 9 heteroatoms. The highest BCUT2D eigenvalue weighted by Crippen LogP contribution is 2.35. The van der Waals surface area contributed by atoms with E-state index in [1.54, 1.807) is 17.2 Å². The molecular formula is C20H26N2O6S. The van der Waals surface area contributed by atoms with Gasteiger partial charge in [0.1, 0.15) is 5.76 Å². The van der Waals surface area contributed by atoms with E-state index < -0.39 is 10.0 Å². The predicted molar refractivity (Wildman–Crippen MR) is 106 cm³/mol. The van der Waals surface area contributed by atoms with E-state index >= 15 is 0 Å². The van der Waals surface area contributed by atoms with Gasteiger partial charge >= 0.3 is 0 Å². The SMILES string of the molecule is COc1ccc(S(=O)(=O)NCCC(=O)N(C2CC2)C(C)c2ccco2)cc1OC. The Labute approximate surface area is 170 Å². The molecule has 0 radical (unpaired) electrons. The zero-order chi connectivity index (χ0) is 21.0. The van der Waals surface area contributed by atoms with Gasteiger partial charge < -0.3 is 18.8 Å². The van der Waals surface area contributed by atoms with Gasteiger partial charge in [-0.3, -0.25) is 4.79 Å². The van der Waals surface area contributed by atoms with Crippen LogP contribution in [0.15, 0.2) is 45.9 Å². The second kappa shape index (κ2) is 8.87. The number of hydrogen-bond acceptors (Lipinski definition) is 6. The first kappa shape index (κ1) is 21.2. The molecule has 158 valence electrons. The van der Waals surface area contributed by atoms with Gasteiger partial charge in [0.15, 0.2) is 11.5 Å². The van der Waals surface area contributed by atoms with Gasteiger partial charge in [-0.25, -0.2) is 13.1 Å². The topological polar surface area (TPSA) is 98.1 Å². The number of carbonyl (C=O) groups is 1. The largest absolute Gasteiger partial charge is 0.493 e. The summed E-state index contributed by atoms with van der Waals surface area (Å²) in [6, 6.07) is 7.97. The summed E-state index contributed by atoms with van der Waals surface area (Å²) in [4.78, 5) is 14.6. The molecule has 8 nitrogen and oxygen atoms in total. The summed E-state index contributed by atoms with van der Waals surface area (Å²) >= 11 is 0. The molecule has 1 aromatic carbocycles. The van der Waals surface area contributed by atoms with E-state index in [1.165, 1.54) is 32.4 Å². The zero-order valence-electron chi connectivity index (χ0n) is 16.8. The summed E-state index contributed by atoms with van der Waals surface area (Å²) in [5.41, 5.74) is 0. The summed E-state index contributed by atoms with van der Waals surface area (Å²) in [6.07, 6.45) is 3.55. The highest BCUT2D eigenvalue weighted by Gasteiger charge is 2.36. The van der Waals surface area contributed by atoms with Gasteiger partial charge in [-0.05, 0) is 44.0 Å². The molecule has 0 aliphatic heterocycles. The van der Waals surface area contributed by atoms with Crippen molar-refractivity contribution < 1.29 is 27.1 Å². The van der Waals surface area contributed by atoms with E-state index in [4.69, 9.17) is 13.9 Å². The van der Waals surface area contributed by atoms with E-state index in [0.29, 0.717) is 11.5 Å². The lowest BCUT2D eigenvalue weighted by molar-refractivity contribution is -0.134. The lowest BCUT2D eigenvalue weighted by Gasteiger charge is -2.28. The lowest BCUT2D eigenvalue weighted by atomic mass is 10.2. The predicted octanol–water partition coefficient (Wildman–Crippen LogP) is 2.72. The number of benzene rings is 1. The lowest BCUT2D eigenvalue weighted by Crippen LogP contribution is -2.37. The van der Waals surface area contributed by atoms with Crippen LogP contribution >= 0.6 is 0 Å². The highest BCUT2D eigenvalue weighted by atomic mass is 32.2. The van der Waals surface area contributed by atoms with Crippen LogP contribution in [-0.2, 0) is 14.8 Å². The first-order chi connectivity index (χ1) is 13.9. The van der Waals surface area contributed by atoms with Gasteiger partial charge in [-0.1, -0.05) is 0 Å². The molecular weight excluding hydrogens is 396 g/mol. The first-order valence-electron chi connectivity index (χ1n) is 9.43. The third-order valence-corrected chi connectivity index (χ3v) is 6.36. The van der Waals surface area contributed by atoms with Crippen molar-refractivity contribution in [1.82, 2.24) is 9.62 Å². The molecule has 1 aliphatic carbocycles. The molecule has 1 saturated carbocycles. The van der Waals surface area contributed by atoms with Gasteiger partial charge in [-0.2, -0.15) is 0 Å². The molecule has 1 atom stereocenters. The number of nitrogens with one attached hydrogen (secondary N) is 1. The highest BCUT2D eigenvalue weighted by molar-refractivity contribution is 7.89. The Hall–Kier alpha value is -2.52. The molecule has 2 aromatic rings. The quantitative estimate of drug-likeness (QED) is 0.632. The Bertz CT molecular complexity index is 938. The van der Waals surface area contributed by atoms with Crippen LogP contribution in [0.2, 0.25) is 0 Å². The normalized spacial score (nSPS) is 15.0. The number of rotatable bonds is 10. The van der Waals surface area contributed by atoms with Crippen LogP contribution in [-0.4, -0.2) is 46.0 Å². The Balaban J connectivity index is 1.62. The van der Waals surface area contributed by atoms with Gasteiger partial charge in [0.05, 0.1) is 31.4 Å². The monoisotopic (exact) mass is 422 g/mol. The number of sulfonamides is 1. The van der Waals surface area contributed by atoms with Crippen LogP contribution in [0.1, 0.15) is 38.0 Å². The molecule has 0 saturated heterocycles. The zero-order valence-corrected chi connectivity index (χ0v) is 17.6. The smallest absolute Gasteiger partial charge is 0.240 e. The van der Waals surface area contributed by atoms with Crippen molar-refractivity contribution in [2.24, 2.45) is 0 Å². The van der Waals surface area contributed by atoms with Crippen LogP contribution < -0.4 is 14.2 Å². The van der Waals surface area contributed by atoms with Crippen LogP contribution in [0.5, 0.6) is 11.5 Å². The maximum absolute atomic E-state index is 12.8. The summed E-state index contributed by atoms with van der Waals surface area (Å²) in [5, 5.41) is 0. The van der Waals surface area contributed by atoms with Gasteiger partial charge in [0, 0.05) is 25.1 Å². The molecule has 3 rings (SSSR count). The van der Waals surface area contributed by atoms with Gasteiger partial charge in [0.25, 0.3) is 0 Å². The molecule has 1 aromatic heterocycles. The third-order valence-electron chi connectivity index (χ3n) is 4.90. The van der Waals surface area contributed by atoms with E-state index in [0.717, 1.165) is 18.6 Å². The minimum absolute atomic E-state index is 0.00358. The number of nitrogens with zero attached hydrogens (tertiary/aromatic N) is 1. The summed E-state index contributed by atoms with van der Waals surface area (Å²) in [6.45, 7) is 1.92. The van der Waals surface area contributed by atoms with E-state index in [-0.39, 0.29) is 35.9 Å². The van der Waals surface area contributed by atoms with Gasteiger partial charge in [-0.15, -0.1) is 0 Å². The first-order valence-corrected chi connectivity index (χ1v) is 10.9. The summed E-state index contributed by atoms with van der Waals surface area (Å²) < 4.78 is 43.3. The Kier molecular flexibility index (Phi) is 6.49. The average Bonchev–Trinajstić information content (AvgIpc) is 3.38. The molecule has 1 aliphatic rings. The number of hydrogen-bond donors (Lipinski definition) is 1. The maximum Gasteiger partial charge on any atom is 0.240 e. The fraction of sp³-hybridized carbons (Fsp3) is 0.450. The molecule has 1 unspecified atom stereocenters. The van der Waals surface area contributed by atoms with E-state index in [9.17, 15) is 13.2 Å². The second-order valence-electron chi connectivity index (χ2n) is 6.89. The third kappa shape index (κ3) is 4.91. The van der Waals surface area contributed by atoms with Crippen LogP contribution in [0, 0.1) is 0 Å². The van der Waals surface area contributed by atoms with Crippen molar-refractivity contribution in [3.05, 3.63) is 42.4 Å². The molecule has 1 fully saturated rings. The summed E-state index contributed by atoms with van der Waals surface area (Å²) in [7, 11) is -0.867. The number of furan rings is 1. The molecule has 29 heavy (non-hydrogen) atoms. The molecule has 0 spiro atoms. The fourth-order valence-corrected chi connectivity index (χ4v) is 4.29. The molecule has 0 bridgehead atoms. The Morgan fingerprint density at radius 2 is 1.97 bits per heavy atom. The van der Waals surface area contributed by atoms with Crippen LogP contribution in [0.4, 0.5) is 0 Å². The van der Waals surface area contributed by atoms with Crippen molar-refractivity contribution in [1.29, 1.82) is 0 Å². The van der Waals surface area contributed by atoms with Crippen molar-refractivity contribution >= 4 is 15.9 Å². The van der Waals surface area contributed by atoms with Gasteiger partial charge in [0.2, 0.25) is 15.9 Å². The number of ether oxygens (including phenoxy) is 2. The Morgan fingerprint density at radius 1 is 1.24 bits per heavy atom. The van der Waals surface area contributed by atoms with Crippen molar-refractivity contribution in [2.75, 3.05) is 20.8 Å². The van der Waals surface area contributed by atoms with Crippen LogP contribution in [0.3, 0.4) is 0 Å². The molecule has 1 N–H and O–H groups in total. The summed E-state index contributed by atoms with van der Waals surface area (Å²) in [5.74, 6) is 1.37. The minimum atomic E-state index is -3.78. The number of carbonyl (C=O) groups excluding carboxylic acids is 1. The van der Waals surface area contributed by atoms with Crippen molar-refractivity contribution in [3.63, 3.8) is 0 Å². The average molecular weight is 423 g/mol. The maximum atomic E-state index is 12.8. The Morgan fingerprint density at radius 3 is 2.55 bits per heavy atom. The van der Waals surface area contributed by atoms with Crippen molar-refractivity contribution in [2.45, 2.75) is 43.2 Å². The van der Waals surface area contributed by atoms with Crippen LogP contribution in [0.25, 0.3) is 0 Å². The molecule has 1 heterocycles. The van der Waals surface area contributed by atoms with E-state index in [1.807, 2.05) is 13.0 Å². The number of methoxy groups -OCH3 is 2. The molecule has 1 amide bonds. The fourth-order valence-electron chi connectivity index (χ4n) is 3.24. The number of amides is 1. The van der Waals surface area contributed by atoms with Crippen molar-refractivity contribution in [3.8, 4) is 11.5 Å². The van der Waals surface area contributed by atoms with E-state index in [2.05, 4.69) is 4.72 Å². The standard InChI is InChI=1S/C20H26N2O6S/c1-14(17-5-4-12-28-17)22(15-6-7-15)20(23)10-11-21-29(24,25)16-8-9-18(26-2)19(13-16)27-3/h4-5,8-9,12-15,21H,6-7,10-11H2,1-3H3.